The molecule has 0 bridgehead atoms. The van der Waals surface area contributed by atoms with E-state index >= 15 is 0 Å². The van der Waals surface area contributed by atoms with Gasteiger partial charge in [0.15, 0.2) is 0 Å². The van der Waals surface area contributed by atoms with Crippen LogP contribution in [0.4, 0.5) is 0 Å². The molecule has 0 rings (SSSR count). The fourth-order valence-corrected chi connectivity index (χ4v) is 1.36. The average Bonchev–Trinajstić information content (AvgIpc) is 2.17. The van der Waals surface area contributed by atoms with Crippen molar-refractivity contribution in [2.24, 2.45) is 0 Å². The lowest BCUT2D eigenvalue weighted by Crippen LogP contribution is -2.39. The zero-order valence-electron chi connectivity index (χ0n) is 9.40. The van der Waals surface area contributed by atoms with Gasteiger partial charge < -0.3 is 9.84 Å². The van der Waals surface area contributed by atoms with Crippen molar-refractivity contribution >= 4 is 0 Å². The average molecular weight is 196 g/mol. The minimum atomic E-state index is -0.740. The zero-order chi connectivity index (χ0) is 11.0. The van der Waals surface area contributed by atoms with E-state index in [-0.39, 0.29) is 0 Å². The van der Waals surface area contributed by atoms with E-state index in [4.69, 9.17) is 4.74 Å². The highest BCUT2D eigenvalue weighted by Gasteiger charge is 2.30. The SMILES string of the molecule is CC=CC(O)C(C=CC)(C=CC)OC. The molecule has 0 amide bonds. The smallest absolute Gasteiger partial charge is 0.133 e. The van der Waals surface area contributed by atoms with Gasteiger partial charge >= 0.3 is 0 Å². The molecule has 0 aliphatic rings. The van der Waals surface area contributed by atoms with Crippen LogP contribution >= 0.6 is 0 Å². The summed E-state index contributed by atoms with van der Waals surface area (Å²) in [6, 6.07) is 0. The lowest BCUT2D eigenvalue weighted by Gasteiger charge is -2.29. The van der Waals surface area contributed by atoms with Crippen LogP contribution in [0.3, 0.4) is 0 Å². The van der Waals surface area contributed by atoms with Crippen molar-refractivity contribution in [2.75, 3.05) is 7.11 Å². The molecule has 0 saturated heterocycles. The highest BCUT2D eigenvalue weighted by Crippen LogP contribution is 2.21. The van der Waals surface area contributed by atoms with Crippen molar-refractivity contribution in [3.8, 4) is 0 Å². The summed E-state index contributed by atoms with van der Waals surface area (Å²) in [7, 11) is 1.59. The Bertz CT molecular complexity index is 214. The summed E-state index contributed by atoms with van der Waals surface area (Å²) in [6.07, 6.45) is 10.3. The maximum absolute atomic E-state index is 9.91. The predicted octanol–water partition coefficient (Wildman–Crippen LogP) is 2.46. The minimum Gasteiger partial charge on any atom is -0.385 e. The zero-order valence-corrected chi connectivity index (χ0v) is 9.40. The molecule has 0 aromatic rings. The molecule has 2 heteroatoms. The molecule has 1 unspecified atom stereocenters. The Morgan fingerprint density at radius 1 is 1.07 bits per heavy atom. The number of ether oxygens (including phenoxy) is 1. The molecular formula is C12H20O2. The molecule has 80 valence electrons. The molecule has 0 fully saturated rings. The van der Waals surface area contributed by atoms with Crippen LogP contribution in [0.15, 0.2) is 36.5 Å². The number of methoxy groups -OCH3 is 1. The van der Waals surface area contributed by atoms with Crippen molar-refractivity contribution in [2.45, 2.75) is 32.5 Å². The summed E-state index contributed by atoms with van der Waals surface area (Å²) in [6.45, 7) is 5.67. The van der Waals surface area contributed by atoms with Gasteiger partial charge in [0.2, 0.25) is 0 Å². The molecule has 0 heterocycles. The molecule has 1 atom stereocenters. The Hall–Kier alpha value is -0.860. The quantitative estimate of drug-likeness (QED) is 0.684. The Kier molecular flexibility index (Phi) is 6.17. The summed E-state index contributed by atoms with van der Waals surface area (Å²) in [5.74, 6) is 0. The first-order valence-corrected chi connectivity index (χ1v) is 4.80. The van der Waals surface area contributed by atoms with Gasteiger partial charge in [0, 0.05) is 7.11 Å². The van der Waals surface area contributed by atoms with E-state index in [1.165, 1.54) is 0 Å². The van der Waals surface area contributed by atoms with Crippen LogP contribution in [0.2, 0.25) is 0 Å². The number of aliphatic hydroxyl groups is 1. The fourth-order valence-electron chi connectivity index (χ4n) is 1.36. The fraction of sp³-hybridized carbons (Fsp3) is 0.500. The lowest BCUT2D eigenvalue weighted by atomic mass is 9.94. The topological polar surface area (TPSA) is 29.5 Å². The van der Waals surface area contributed by atoms with Crippen LogP contribution in [0, 0.1) is 0 Å². The molecule has 0 aromatic heterocycles. The van der Waals surface area contributed by atoms with Crippen LogP contribution in [0.1, 0.15) is 20.8 Å². The summed E-state index contributed by atoms with van der Waals surface area (Å²) >= 11 is 0. The monoisotopic (exact) mass is 196 g/mol. The number of hydrogen-bond donors (Lipinski definition) is 1. The summed E-state index contributed by atoms with van der Waals surface area (Å²) in [5, 5.41) is 9.91. The van der Waals surface area contributed by atoms with Gasteiger partial charge in [0.1, 0.15) is 11.7 Å². The van der Waals surface area contributed by atoms with E-state index in [1.54, 1.807) is 13.2 Å². The van der Waals surface area contributed by atoms with E-state index in [0.717, 1.165) is 0 Å². The van der Waals surface area contributed by atoms with Crippen LogP contribution in [0.5, 0.6) is 0 Å². The van der Waals surface area contributed by atoms with Crippen molar-refractivity contribution in [3.05, 3.63) is 36.5 Å². The number of allylic oxidation sites excluding steroid dienone is 3. The molecule has 1 N–H and O–H groups in total. The third kappa shape index (κ3) is 3.13. The Labute approximate surface area is 86.6 Å². The van der Waals surface area contributed by atoms with E-state index < -0.39 is 11.7 Å². The summed E-state index contributed by atoms with van der Waals surface area (Å²) in [5.41, 5.74) is -0.740. The second-order valence-corrected chi connectivity index (χ2v) is 3.03. The summed E-state index contributed by atoms with van der Waals surface area (Å²) in [4.78, 5) is 0. The second-order valence-electron chi connectivity index (χ2n) is 3.03. The third-order valence-corrected chi connectivity index (χ3v) is 2.04. The van der Waals surface area contributed by atoms with Crippen molar-refractivity contribution in [1.29, 1.82) is 0 Å². The van der Waals surface area contributed by atoms with Crippen molar-refractivity contribution < 1.29 is 9.84 Å². The van der Waals surface area contributed by atoms with Gasteiger partial charge in [-0.1, -0.05) is 36.5 Å². The number of hydrogen-bond acceptors (Lipinski definition) is 2. The maximum atomic E-state index is 9.91. The van der Waals surface area contributed by atoms with Gasteiger partial charge in [0.05, 0.1) is 0 Å². The lowest BCUT2D eigenvalue weighted by molar-refractivity contribution is -0.0136. The van der Waals surface area contributed by atoms with Gasteiger partial charge in [-0.15, -0.1) is 0 Å². The van der Waals surface area contributed by atoms with E-state index in [0.29, 0.717) is 0 Å². The highest BCUT2D eigenvalue weighted by molar-refractivity contribution is 5.21. The maximum Gasteiger partial charge on any atom is 0.133 e. The molecular weight excluding hydrogens is 176 g/mol. The number of aliphatic hydroxyl groups excluding tert-OH is 1. The molecule has 0 saturated carbocycles. The van der Waals surface area contributed by atoms with Crippen LogP contribution in [-0.2, 0) is 4.74 Å². The predicted molar refractivity (Wildman–Crippen MR) is 60.2 cm³/mol. The Morgan fingerprint density at radius 3 is 1.86 bits per heavy atom. The minimum absolute atomic E-state index is 0.662. The van der Waals surface area contributed by atoms with Crippen LogP contribution < -0.4 is 0 Å². The molecule has 0 spiro atoms. The van der Waals surface area contributed by atoms with Crippen LogP contribution in [0.25, 0.3) is 0 Å². The highest BCUT2D eigenvalue weighted by atomic mass is 16.5. The molecule has 0 radical (unpaired) electrons. The van der Waals surface area contributed by atoms with Crippen molar-refractivity contribution in [1.82, 2.24) is 0 Å². The molecule has 0 aromatic carbocycles. The molecule has 0 aliphatic heterocycles. The standard InChI is InChI=1S/C12H20O2/c1-5-8-11(13)12(14-4,9-6-2)10-7-3/h5-11,13H,1-4H3. The first-order chi connectivity index (χ1) is 6.66. The van der Waals surface area contributed by atoms with Gasteiger partial charge in [-0.05, 0) is 20.8 Å². The van der Waals surface area contributed by atoms with Crippen molar-refractivity contribution in [3.63, 3.8) is 0 Å². The van der Waals surface area contributed by atoms with Gasteiger partial charge in [-0.25, -0.2) is 0 Å². The Balaban J connectivity index is 5.00. The molecule has 14 heavy (non-hydrogen) atoms. The van der Waals surface area contributed by atoms with Gasteiger partial charge in [-0.3, -0.25) is 0 Å². The first-order valence-electron chi connectivity index (χ1n) is 4.80. The normalized spacial score (nSPS) is 19.5. The van der Waals surface area contributed by atoms with Gasteiger partial charge in [-0.2, -0.15) is 0 Å². The Morgan fingerprint density at radius 2 is 1.57 bits per heavy atom. The van der Waals surface area contributed by atoms with E-state index in [9.17, 15) is 5.11 Å². The summed E-state index contributed by atoms with van der Waals surface area (Å²) < 4.78 is 5.36. The van der Waals surface area contributed by atoms with Gasteiger partial charge in [0.25, 0.3) is 0 Å². The van der Waals surface area contributed by atoms with E-state index in [2.05, 4.69) is 0 Å². The largest absolute Gasteiger partial charge is 0.385 e. The van der Waals surface area contributed by atoms with Crippen LogP contribution in [-0.4, -0.2) is 23.9 Å². The molecule has 2 nitrogen and oxygen atoms in total. The third-order valence-electron chi connectivity index (χ3n) is 2.04. The second kappa shape index (κ2) is 6.57. The van der Waals surface area contributed by atoms with E-state index in [1.807, 2.05) is 51.2 Å². The number of rotatable bonds is 5. The molecule has 0 aliphatic carbocycles. The first kappa shape index (κ1) is 13.1.